The minimum atomic E-state index is -1.21. The molecule has 0 radical (unpaired) electrons. The van der Waals surface area contributed by atoms with E-state index in [0.717, 1.165) is 0 Å². The first-order valence-electron chi connectivity index (χ1n) is 7.76. The van der Waals surface area contributed by atoms with E-state index >= 15 is 0 Å². The van der Waals surface area contributed by atoms with E-state index in [1.165, 1.54) is 0 Å². The van der Waals surface area contributed by atoms with Crippen molar-refractivity contribution < 1.29 is 29.3 Å². The van der Waals surface area contributed by atoms with E-state index in [4.69, 9.17) is 9.84 Å². The molecule has 1 aromatic carbocycles. The number of aromatic hydroxyl groups is 1. The molecule has 0 aromatic heterocycles. The van der Waals surface area contributed by atoms with E-state index < -0.39 is 37.6 Å². The van der Waals surface area contributed by atoms with E-state index in [1.807, 2.05) is 20.8 Å². The quantitative estimate of drug-likeness (QED) is 0.351. The van der Waals surface area contributed by atoms with Crippen LogP contribution in [0.5, 0.6) is 5.75 Å². The lowest BCUT2D eigenvalue weighted by atomic mass is 10.0. The van der Waals surface area contributed by atoms with E-state index in [9.17, 15) is 35.6 Å². The Morgan fingerprint density at radius 2 is 1.37 bits per heavy atom. The Hall–Kier alpha value is -2.90. The van der Waals surface area contributed by atoms with Gasteiger partial charge < -0.3 is 19.7 Å². The van der Waals surface area contributed by atoms with Crippen LogP contribution in [0.15, 0.2) is 12.1 Å². The molecule has 1 aliphatic rings. The van der Waals surface area contributed by atoms with Crippen LogP contribution in [0.3, 0.4) is 0 Å². The van der Waals surface area contributed by atoms with Crippen LogP contribution >= 0.6 is 0 Å². The minimum Gasteiger partial charge on any atom is -0.632 e. The lowest BCUT2D eigenvalue weighted by Crippen LogP contribution is -2.60. The Morgan fingerprint density at radius 3 is 1.63 bits per heavy atom. The third kappa shape index (κ3) is 5.29. The van der Waals surface area contributed by atoms with Crippen LogP contribution < -0.4 is 0 Å². The number of ether oxygens (including phenoxy) is 1. The molecule has 1 fully saturated rings. The highest BCUT2D eigenvalue weighted by Crippen LogP contribution is 2.38. The molecule has 1 saturated heterocycles. The summed E-state index contributed by atoms with van der Waals surface area (Å²) < 4.78 is 5.04. The van der Waals surface area contributed by atoms with Gasteiger partial charge in [0.25, 0.3) is 11.4 Å². The highest BCUT2D eigenvalue weighted by atomic mass is 16.6. The minimum absolute atomic E-state index is 0.104. The Morgan fingerprint density at radius 1 is 0.963 bits per heavy atom. The molecule has 1 aromatic rings. The van der Waals surface area contributed by atoms with E-state index in [2.05, 4.69) is 0 Å². The van der Waals surface area contributed by atoms with Gasteiger partial charge in [0.15, 0.2) is 0 Å². The van der Waals surface area contributed by atoms with E-state index in [1.54, 1.807) is 0 Å². The molecule has 0 spiro atoms. The van der Waals surface area contributed by atoms with Crippen molar-refractivity contribution in [2.75, 3.05) is 26.3 Å². The number of hydroxylamine groups is 3. The predicted octanol–water partition coefficient (Wildman–Crippen LogP) is 2.25. The molecular formula is C14H20N4O9. The van der Waals surface area contributed by atoms with Gasteiger partial charge in [-0.3, -0.25) is 30.3 Å². The zero-order chi connectivity index (χ0) is 21.0. The van der Waals surface area contributed by atoms with Crippen molar-refractivity contribution >= 4 is 17.1 Å². The standard InChI is InChI=1S/C8H17NO2.C6H3N3O7/c1-8(2,3)9(10)4-6-11-7-5-9;10-6-4(8(13)14)1-3(7(11)12)2-5(6)9(15)16/h4-7H2,1-3H3;1-2,10H. The molecule has 0 bridgehead atoms. The number of benzene rings is 1. The molecule has 0 atom stereocenters. The zero-order valence-electron chi connectivity index (χ0n) is 15.0. The van der Waals surface area contributed by atoms with Crippen LogP contribution in [-0.4, -0.2) is 56.4 Å². The second kappa shape index (κ2) is 8.20. The second-order valence-electron chi connectivity index (χ2n) is 6.72. The third-order valence-electron chi connectivity index (χ3n) is 4.07. The summed E-state index contributed by atoms with van der Waals surface area (Å²) in [6.07, 6.45) is 0. The molecule has 1 heterocycles. The number of quaternary nitrogens is 1. The monoisotopic (exact) mass is 388 g/mol. The van der Waals surface area contributed by atoms with Crippen molar-refractivity contribution in [3.8, 4) is 5.75 Å². The van der Waals surface area contributed by atoms with Gasteiger partial charge in [0.05, 0.1) is 45.7 Å². The van der Waals surface area contributed by atoms with Gasteiger partial charge in [-0.25, -0.2) is 0 Å². The average molecular weight is 388 g/mol. The molecule has 2 rings (SSSR count). The summed E-state index contributed by atoms with van der Waals surface area (Å²) in [5, 5.41) is 52.2. The fourth-order valence-electron chi connectivity index (χ4n) is 2.28. The number of hydrogen-bond acceptors (Lipinski definition) is 9. The SMILES string of the molecule is CC(C)(C)[N+]1([O-])CCOCC1.O=[N+]([O-])c1cc([N+](=O)[O-])c(O)c([N+](=O)[O-])c1. The molecular weight excluding hydrogens is 368 g/mol. The van der Waals surface area contributed by atoms with Crippen molar-refractivity contribution in [1.29, 1.82) is 0 Å². The van der Waals surface area contributed by atoms with Crippen LogP contribution in [0.1, 0.15) is 20.8 Å². The molecule has 1 aliphatic heterocycles. The van der Waals surface area contributed by atoms with E-state index in [-0.39, 0.29) is 10.2 Å². The molecule has 13 heteroatoms. The fraction of sp³-hybridized carbons (Fsp3) is 0.571. The molecule has 27 heavy (non-hydrogen) atoms. The van der Waals surface area contributed by atoms with Crippen molar-refractivity contribution in [2.24, 2.45) is 0 Å². The van der Waals surface area contributed by atoms with Gasteiger partial charge >= 0.3 is 11.4 Å². The predicted molar refractivity (Wildman–Crippen MR) is 92.0 cm³/mol. The highest BCUT2D eigenvalue weighted by Gasteiger charge is 2.33. The number of non-ortho nitro benzene ring substituents is 1. The van der Waals surface area contributed by atoms with Crippen LogP contribution in [-0.2, 0) is 4.74 Å². The maximum absolute atomic E-state index is 12.0. The van der Waals surface area contributed by atoms with Crippen molar-refractivity contribution in [3.05, 3.63) is 47.7 Å². The maximum atomic E-state index is 12.0. The molecule has 0 amide bonds. The summed E-state index contributed by atoms with van der Waals surface area (Å²) in [6.45, 7) is 8.40. The summed E-state index contributed by atoms with van der Waals surface area (Å²) in [5.74, 6) is -1.21. The Bertz CT molecular complexity index is 704. The normalized spacial score (nSPS) is 16.0. The first-order valence-corrected chi connectivity index (χ1v) is 7.76. The largest absolute Gasteiger partial charge is 0.632 e. The molecule has 150 valence electrons. The number of nitro groups is 3. The van der Waals surface area contributed by atoms with Crippen molar-refractivity contribution in [2.45, 2.75) is 26.3 Å². The van der Waals surface area contributed by atoms with Crippen LogP contribution in [0.25, 0.3) is 0 Å². The second-order valence-corrected chi connectivity index (χ2v) is 6.72. The number of hydrogen-bond donors (Lipinski definition) is 1. The van der Waals surface area contributed by atoms with Crippen LogP contribution in [0.4, 0.5) is 17.1 Å². The Balaban J connectivity index is 0.000000289. The summed E-state index contributed by atoms with van der Waals surface area (Å²) in [5.41, 5.74) is -3.19. The average Bonchev–Trinajstić information content (AvgIpc) is 2.54. The summed E-state index contributed by atoms with van der Waals surface area (Å²) in [7, 11) is 0. The highest BCUT2D eigenvalue weighted by molar-refractivity contribution is 5.64. The van der Waals surface area contributed by atoms with Gasteiger partial charge in [-0.2, -0.15) is 0 Å². The number of phenolic OH excluding ortho intramolecular Hbond substituents is 1. The van der Waals surface area contributed by atoms with Gasteiger partial charge in [0.1, 0.15) is 13.1 Å². The maximum Gasteiger partial charge on any atom is 0.324 e. The van der Waals surface area contributed by atoms with Gasteiger partial charge in [-0.05, 0) is 20.8 Å². The molecule has 13 nitrogen and oxygen atoms in total. The molecule has 0 unspecified atom stereocenters. The first-order chi connectivity index (χ1) is 12.3. The Kier molecular flexibility index (Phi) is 6.72. The number of rotatable bonds is 3. The summed E-state index contributed by atoms with van der Waals surface area (Å²) in [6, 6.07) is 0.894. The topological polar surface area (TPSA) is 182 Å². The van der Waals surface area contributed by atoms with Crippen molar-refractivity contribution in [1.82, 2.24) is 0 Å². The van der Waals surface area contributed by atoms with Crippen LogP contribution in [0.2, 0.25) is 0 Å². The third-order valence-corrected chi connectivity index (χ3v) is 4.07. The van der Waals surface area contributed by atoms with E-state index in [0.29, 0.717) is 38.4 Å². The van der Waals surface area contributed by atoms with Gasteiger partial charge in [0, 0.05) is 0 Å². The number of phenols is 1. The van der Waals surface area contributed by atoms with Gasteiger partial charge in [0.2, 0.25) is 0 Å². The summed E-state index contributed by atoms with van der Waals surface area (Å²) in [4.78, 5) is 27.8. The van der Waals surface area contributed by atoms with Crippen molar-refractivity contribution in [3.63, 3.8) is 0 Å². The Labute approximate surface area is 153 Å². The first kappa shape index (κ1) is 22.1. The lowest BCUT2D eigenvalue weighted by Gasteiger charge is -2.54. The zero-order valence-corrected chi connectivity index (χ0v) is 15.0. The summed E-state index contributed by atoms with van der Waals surface area (Å²) >= 11 is 0. The lowest BCUT2D eigenvalue weighted by molar-refractivity contribution is -0.933. The number of morpholine rings is 1. The van der Waals surface area contributed by atoms with Gasteiger partial charge in [-0.1, -0.05) is 0 Å². The molecule has 0 saturated carbocycles. The number of nitrogens with zero attached hydrogens (tertiary/aromatic N) is 4. The fourth-order valence-corrected chi connectivity index (χ4v) is 2.28. The van der Waals surface area contributed by atoms with Crippen LogP contribution in [0, 0.1) is 35.6 Å². The van der Waals surface area contributed by atoms with Gasteiger partial charge in [-0.15, -0.1) is 0 Å². The molecule has 0 aliphatic carbocycles. The smallest absolute Gasteiger partial charge is 0.324 e. The molecule has 1 N–H and O–H groups in total. The number of nitro benzene ring substituents is 3.